The normalized spacial score (nSPS) is 10.4. The Morgan fingerprint density at radius 2 is 1.96 bits per heavy atom. The summed E-state index contributed by atoms with van der Waals surface area (Å²) in [5.74, 6) is -0.967. The Hall–Kier alpha value is -3.61. The zero-order valence-corrected chi connectivity index (χ0v) is 14.9. The third-order valence-corrected chi connectivity index (χ3v) is 3.90. The highest BCUT2D eigenvalue weighted by Gasteiger charge is 2.18. The van der Waals surface area contributed by atoms with E-state index in [1.165, 1.54) is 25.4 Å². The number of carbonyl (C=O) groups excluding carboxylic acids is 2. The van der Waals surface area contributed by atoms with Crippen LogP contribution in [0.3, 0.4) is 0 Å². The number of aromatic hydroxyl groups is 1. The number of aromatic nitrogens is 1. The highest BCUT2D eigenvalue weighted by atomic mass is 16.5. The number of nitrogens with one attached hydrogen (secondary N) is 1. The Kier molecular flexibility index (Phi) is 5.21. The largest absolute Gasteiger partial charge is 0.508 e. The molecule has 0 unspecified atom stereocenters. The van der Waals surface area contributed by atoms with Crippen molar-refractivity contribution in [1.29, 1.82) is 0 Å². The molecule has 0 fully saturated rings. The Labute approximate surface area is 155 Å². The number of phenolic OH excluding ortho intramolecular Hbond substituents is 1. The number of benzene rings is 2. The number of hydrogen-bond acceptors (Lipinski definition) is 7. The van der Waals surface area contributed by atoms with Crippen LogP contribution in [0, 0.1) is 0 Å². The van der Waals surface area contributed by atoms with Gasteiger partial charge in [-0.1, -0.05) is 6.07 Å². The van der Waals surface area contributed by atoms with E-state index in [1.54, 1.807) is 37.3 Å². The Bertz CT molecular complexity index is 1020. The van der Waals surface area contributed by atoms with Gasteiger partial charge in [0.1, 0.15) is 11.3 Å². The van der Waals surface area contributed by atoms with Gasteiger partial charge in [0.2, 0.25) is 0 Å². The van der Waals surface area contributed by atoms with Crippen molar-refractivity contribution < 1.29 is 24.2 Å². The molecule has 0 amide bonds. The lowest BCUT2D eigenvalue weighted by molar-refractivity contribution is 0.0526. The van der Waals surface area contributed by atoms with E-state index < -0.39 is 11.9 Å². The van der Waals surface area contributed by atoms with Crippen LogP contribution in [0.5, 0.6) is 5.75 Å². The topological polar surface area (TPSA) is 97.8 Å². The van der Waals surface area contributed by atoms with Gasteiger partial charge in [0.15, 0.2) is 0 Å². The summed E-state index contributed by atoms with van der Waals surface area (Å²) < 4.78 is 9.89. The molecule has 138 valence electrons. The molecule has 0 atom stereocenters. The first-order valence-electron chi connectivity index (χ1n) is 8.27. The molecule has 0 aliphatic rings. The first-order chi connectivity index (χ1) is 13.0. The smallest absolute Gasteiger partial charge is 0.341 e. The zero-order chi connectivity index (χ0) is 19.4. The van der Waals surface area contributed by atoms with Crippen molar-refractivity contribution >= 4 is 34.2 Å². The summed E-state index contributed by atoms with van der Waals surface area (Å²) in [6, 6.07) is 11.3. The van der Waals surface area contributed by atoms with Crippen molar-refractivity contribution in [1.82, 2.24) is 4.98 Å². The summed E-state index contributed by atoms with van der Waals surface area (Å²) in [7, 11) is 1.30. The molecule has 7 nitrogen and oxygen atoms in total. The highest BCUT2D eigenvalue weighted by molar-refractivity contribution is 6.07. The lowest BCUT2D eigenvalue weighted by Gasteiger charge is -2.15. The van der Waals surface area contributed by atoms with Crippen LogP contribution in [0.15, 0.2) is 48.7 Å². The first kappa shape index (κ1) is 18.2. The van der Waals surface area contributed by atoms with Crippen molar-refractivity contribution in [2.75, 3.05) is 19.0 Å². The monoisotopic (exact) mass is 366 g/mol. The van der Waals surface area contributed by atoms with E-state index in [0.29, 0.717) is 27.8 Å². The fourth-order valence-electron chi connectivity index (χ4n) is 2.66. The van der Waals surface area contributed by atoms with E-state index in [2.05, 4.69) is 10.3 Å². The second-order valence-electron chi connectivity index (χ2n) is 5.67. The fourth-order valence-corrected chi connectivity index (χ4v) is 2.66. The van der Waals surface area contributed by atoms with Gasteiger partial charge < -0.3 is 19.9 Å². The van der Waals surface area contributed by atoms with Gasteiger partial charge in [-0.2, -0.15) is 0 Å². The minimum absolute atomic E-state index is 0.0753. The Balaban J connectivity index is 2.20. The molecule has 1 heterocycles. The van der Waals surface area contributed by atoms with Crippen molar-refractivity contribution in [3.05, 3.63) is 59.8 Å². The lowest BCUT2D eigenvalue weighted by atomic mass is 10.1. The number of nitrogens with zero attached hydrogens (tertiary/aromatic N) is 1. The number of methoxy groups -OCH3 is 1. The molecule has 2 aromatic carbocycles. The minimum atomic E-state index is -0.543. The van der Waals surface area contributed by atoms with Crippen molar-refractivity contribution in [2.24, 2.45) is 0 Å². The number of pyridine rings is 1. The molecular weight excluding hydrogens is 348 g/mol. The van der Waals surface area contributed by atoms with E-state index in [0.717, 1.165) is 0 Å². The minimum Gasteiger partial charge on any atom is -0.508 e. The molecule has 0 aliphatic carbocycles. The predicted octanol–water partition coefficient (Wildman–Crippen LogP) is 3.65. The standard InChI is InChI=1S/C20H18N2O5/c1-3-27-20(25)16-11-21-17-8-7-12(19(24)26-2)9-15(17)18(16)22-13-5-4-6-14(23)10-13/h4-11,23H,3H2,1-2H3,(H,21,22). The van der Waals surface area contributed by atoms with Crippen LogP contribution in [0.1, 0.15) is 27.6 Å². The fraction of sp³-hybridized carbons (Fsp3) is 0.150. The Morgan fingerprint density at radius 1 is 1.15 bits per heavy atom. The molecule has 27 heavy (non-hydrogen) atoms. The summed E-state index contributed by atoms with van der Waals surface area (Å²) in [6.45, 7) is 1.93. The van der Waals surface area contributed by atoms with E-state index in [9.17, 15) is 14.7 Å². The summed E-state index contributed by atoms with van der Waals surface area (Å²) >= 11 is 0. The number of rotatable bonds is 5. The van der Waals surface area contributed by atoms with E-state index in [-0.39, 0.29) is 17.9 Å². The van der Waals surface area contributed by atoms with Crippen molar-refractivity contribution in [3.8, 4) is 5.75 Å². The van der Waals surface area contributed by atoms with Crippen LogP contribution in [-0.2, 0) is 9.47 Å². The summed E-state index contributed by atoms with van der Waals surface area (Å²) in [6.07, 6.45) is 1.42. The number of ether oxygens (including phenoxy) is 2. The lowest BCUT2D eigenvalue weighted by Crippen LogP contribution is -2.10. The van der Waals surface area contributed by atoms with Crippen LogP contribution >= 0.6 is 0 Å². The molecule has 0 spiro atoms. The maximum absolute atomic E-state index is 12.4. The van der Waals surface area contributed by atoms with Gasteiger partial charge in [0.05, 0.1) is 30.5 Å². The maximum atomic E-state index is 12.4. The van der Waals surface area contributed by atoms with E-state index in [4.69, 9.17) is 9.47 Å². The molecule has 0 saturated carbocycles. The SMILES string of the molecule is CCOC(=O)c1cnc2ccc(C(=O)OC)cc2c1Nc1cccc(O)c1. The average Bonchev–Trinajstić information content (AvgIpc) is 2.67. The molecule has 0 radical (unpaired) electrons. The van der Waals surface area contributed by atoms with Crippen LogP contribution in [0.4, 0.5) is 11.4 Å². The van der Waals surface area contributed by atoms with Crippen LogP contribution in [0.2, 0.25) is 0 Å². The maximum Gasteiger partial charge on any atom is 0.341 e. The first-order valence-corrected chi connectivity index (χ1v) is 8.27. The highest BCUT2D eigenvalue weighted by Crippen LogP contribution is 2.31. The van der Waals surface area contributed by atoms with Crippen LogP contribution < -0.4 is 5.32 Å². The van der Waals surface area contributed by atoms with Gasteiger partial charge in [0, 0.05) is 23.3 Å². The third kappa shape index (κ3) is 3.82. The van der Waals surface area contributed by atoms with Crippen molar-refractivity contribution in [3.63, 3.8) is 0 Å². The second kappa shape index (κ2) is 7.74. The van der Waals surface area contributed by atoms with Gasteiger partial charge in [0.25, 0.3) is 0 Å². The van der Waals surface area contributed by atoms with Crippen molar-refractivity contribution in [2.45, 2.75) is 6.92 Å². The molecule has 7 heteroatoms. The average molecular weight is 366 g/mol. The predicted molar refractivity (Wildman–Crippen MR) is 100 cm³/mol. The quantitative estimate of drug-likeness (QED) is 0.665. The third-order valence-electron chi connectivity index (χ3n) is 3.90. The number of carbonyl (C=O) groups is 2. The molecule has 3 aromatic rings. The molecule has 3 rings (SSSR count). The van der Waals surface area contributed by atoms with Crippen LogP contribution in [-0.4, -0.2) is 35.7 Å². The second-order valence-corrected chi connectivity index (χ2v) is 5.67. The van der Waals surface area contributed by atoms with Gasteiger partial charge in [-0.05, 0) is 37.3 Å². The van der Waals surface area contributed by atoms with E-state index >= 15 is 0 Å². The number of esters is 2. The molecular formula is C20H18N2O5. The molecule has 2 N–H and O–H groups in total. The van der Waals surface area contributed by atoms with Gasteiger partial charge in [-0.3, -0.25) is 4.98 Å². The molecule has 0 aliphatic heterocycles. The summed E-state index contributed by atoms with van der Waals surface area (Å²) in [4.78, 5) is 28.6. The number of phenols is 1. The zero-order valence-electron chi connectivity index (χ0n) is 14.9. The van der Waals surface area contributed by atoms with E-state index in [1.807, 2.05) is 0 Å². The Morgan fingerprint density at radius 3 is 2.67 bits per heavy atom. The number of hydrogen-bond donors (Lipinski definition) is 2. The van der Waals surface area contributed by atoms with Gasteiger partial charge >= 0.3 is 11.9 Å². The molecule has 0 bridgehead atoms. The van der Waals surface area contributed by atoms with Crippen LogP contribution in [0.25, 0.3) is 10.9 Å². The molecule has 0 saturated heterocycles. The van der Waals surface area contributed by atoms with Gasteiger partial charge in [-0.15, -0.1) is 0 Å². The number of fused-ring (bicyclic) bond motifs is 1. The molecule has 1 aromatic heterocycles. The van der Waals surface area contributed by atoms with Gasteiger partial charge in [-0.25, -0.2) is 9.59 Å². The summed E-state index contributed by atoms with van der Waals surface area (Å²) in [5.41, 5.74) is 2.12. The summed E-state index contributed by atoms with van der Waals surface area (Å²) in [5, 5.41) is 13.4. The number of anilines is 2.